The zero-order valence-corrected chi connectivity index (χ0v) is 12.2. The molecule has 1 N–H and O–H groups in total. The zero-order valence-electron chi connectivity index (χ0n) is 12.2. The molecule has 0 bridgehead atoms. The first-order valence-electron chi connectivity index (χ1n) is 7.73. The Morgan fingerprint density at radius 3 is 2.74 bits per heavy atom. The Hall–Kier alpha value is -1.03. The summed E-state index contributed by atoms with van der Waals surface area (Å²) in [5, 5.41) is 3.53. The van der Waals surface area contributed by atoms with E-state index in [2.05, 4.69) is 39.9 Å². The van der Waals surface area contributed by atoms with Crippen LogP contribution in [-0.2, 0) is 0 Å². The van der Waals surface area contributed by atoms with Gasteiger partial charge in [0, 0.05) is 31.4 Å². The standard InChI is InChI=1S/C15H26N4/c1-12-11-19(14-5-3-4-6-14)15(17-12)16-9-10-18(2)13-7-8-13/h11,13-14H,3-10H2,1-2H3,(H,16,17). The predicted octanol–water partition coefficient (Wildman–Crippen LogP) is 2.81. The summed E-state index contributed by atoms with van der Waals surface area (Å²) < 4.78 is 2.37. The van der Waals surface area contributed by atoms with Gasteiger partial charge in [-0.05, 0) is 39.7 Å². The van der Waals surface area contributed by atoms with Gasteiger partial charge in [-0.1, -0.05) is 12.8 Å². The SMILES string of the molecule is Cc1cn(C2CCCC2)c(NCCN(C)C2CC2)n1. The number of imidazole rings is 1. The highest BCUT2D eigenvalue weighted by molar-refractivity contribution is 5.29. The molecule has 1 heterocycles. The molecule has 0 unspecified atom stereocenters. The molecule has 0 saturated heterocycles. The number of aryl methyl sites for hydroxylation is 1. The molecule has 2 saturated carbocycles. The molecule has 2 aliphatic rings. The number of likely N-dealkylation sites (N-methyl/N-ethyl adjacent to an activating group) is 1. The van der Waals surface area contributed by atoms with Gasteiger partial charge >= 0.3 is 0 Å². The molecular formula is C15H26N4. The van der Waals surface area contributed by atoms with Gasteiger partial charge in [-0.2, -0.15) is 0 Å². The first-order valence-corrected chi connectivity index (χ1v) is 7.73. The van der Waals surface area contributed by atoms with Crippen molar-refractivity contribution >= 4 is 5.95 Å². The highest BCUT2D eigenvalue weighted by Gasteiger charge is 2.25. The summed E-state index contributed by atoms with van der Waals surface area (Å²) in [7, 11) is 2.23. The number of rotatable bonds is 6. The third kappa shape index (κ3) is 3.11. The highest BCUT2D eigenvalue weighted by Crippen LogP contribution is 2.32. The van der Waals surface area contributed by atoms with Gasteiger partial charge in [0.15, 0.2) is 0 Å². The van der Waals surface area contributed by atoms with E-state index in [0.29, 0.717) is 6.04 Å². The van der Waals surface area contributed by atoms with E-state index in [4.69, 9.17) is 0 Å². The molecular weight excluding hydrogens is 236 g/mol. The van der Waals surface area contributed by atoms with Crippen LogP contribution in [0.25, 0.3) is 0 Å². The lowest BCUT2D eigenvalue weighted by Gasteiger charge is -2.18. The second kappa shape index (κ2) is 5.53. The fourth-order valence-corrected chi connectivity index (χ4v) is 3.15. The number of nitrogens with one attached hydrogen (secondary N) is 1. The summed E-state index contributed by atoms with van der Waals surface area (Å²) >= 11 is 0. The van der Waals surface area contributed by atoms with Crippen LogP contribution in [0.2, 0.25) is 0 Å². The van der Waals surface area contributed by atoms with Crippen molar-refractivity contribution in [3.63, 3.8) is 0 Å². The van der Waals surface area contributed by atoms with Crippen molar-refractivity contribution < 1.29 is 0 Å². The lowest BCUT2D eigenvalue weighted by atomic mass is 10.2. The smallest absolute Gasteiger partial charge is 0.203 e. The molecule has 0 amide bonds. The second-order valence-electron chi connectivity index (χ2n) is 6.19. The van der Waals surface area contributed by atoms with Gasteiger partial charge in [-0.3, -0.25) is 0 Å². The molecule has 3 rings (SSSR count). The zero-order chi connectivity index (χ0) is 13.2. The summed E-state index contributed by atoms with van der Waals surface area (Å²) in [4.78, 5) is 7.11. The van der Waals surface area contributed by atoms with Crippen LogP contribution in [0.15, 0.2) is 6.20 Å². The van der Waals surface area contributed by atoms with Crippen molar-refractivity contribution in [2.75, 3.05) is 25.5 Å². The minimum Gasteiger partial charge on any atom is -0.354 e. The van der Waals surface area contributed by atoms with Gasteiger partial charge in [0.05, 0.1) is 5.69 Å². The molecule has 106 valence electrons. The van der Waals surface area contributed by atoms with E-state index < -0.39 is 0 Å². The summed E-state index contributed by atoms with van der Waals surface area (Å²) in [5.74, 6) is 1.08. The highest BCUT2D eigenvalue weighted by atomic mass is 15.2. The maximum absolute atomic E-state index is 4.65. The normalized spacial score (nSPS) is 20.4. The summed E-state index contributed by atoms with van der Waals surface area (Å²) in [6.07, 6.45) is 10.3. The van der Waals surface area contributed by atoms with Crippen LogP contribution in [0.1, 0.15) is 50.3 Å². The third-order valence-corrected chi connectivity index (χ3v) is 4.49. The average molecular weight is 262 g/mol. The molecule has 2 aliphatic carbocycles. The van der Waals surface area contributed by atoms with Crippen LogP contribution in [-0.4, -0.2) is 40.6 Å². The summed E-state index contributed by atoms with van der Waals surface area (Å²) in [6, 6.07) is 1.52. The number of hydrogen-bond acceptors (Lipinski definition) is 3. The van der Waals surface area contributed by atoms with Crippen LogP contribution >= 0.6 is 0 Å². The van der Waals surface area contributed by atoms with Crippen molar-refractivity contribution in [1.82, 2.24) is 14.5 Å². The molecule has 0 radical (unpaired) electrons. The molecule has 4 nitrogen and oxygen atoms in total. The Labute approximate surface area is 116 Å². The van der Waals surface area contributed by atoms with E-state index in [9.17, 15) is 0 Å². The van der Waals surface area contributed by atoms with E-state index >= 15 is 0 Å². The van der Waals surface area contributed by atoms with Crippen LogP contribution in [0.4, 0.5) is 5.95 Å². The molecule has 0 spiro atoms. The summed E-state index contributed by atoms with van der Waals surface area (Å²) in [6.45, 7) is 4.20. The first kappa shape index (κ1) is 13.0. The topological polar surface area (TPSA) is 33.1 Å². The van der Waals surface area contributed by atoms with E-state index in [1.54, 1.807) is 0 Å². The minimum absolute atomic E-state index is 0.671. The van der Waals surface area contributed by atoms with Crippen molar-refractivity contribution in [2.24, 2.45) is 0 Å². The fourth-order valence-electron chi connectivity index (χ4n) is 3.15. The maximum Gasteiger partial charge on any atom is 0.203 e. The van der Waals surface area contributed by atoms with Crippen LogP contribution in [0.3, 0.4) is 0 Å². The molecule has 4 heteroatoms. The van der Waals surface area contributed by atoms with Gasteiger partial charge in [-0.25, -0.2) is 4.98 Å². The molecule has 19 heavy (non-hydrogen) atoms. The van der Waals surface area contributed by atoms with E-state index in [1.165, 1.54) is 38.5 Å². The van der Waals surface area contributed by atoms with Crippen molar-refractivity contribution in [1.29, 1.82) is 0 Å². The van der Waals surface area contributed by atoms with Crippen LogP contribution < -0.4 is 5.32 Å². The minimum atomic E-state index is 0.671. The Morgan fingerprint density at radius 2 is 2.05 bits per heavy atom. The maximum atomic E-state index is 4.65. The quantitative estimate of drug-likeness (QED) is 0.856. The Bertz CT molecular complexity index is 416. The Morgan fingerprint density at radius 1 is 1.32 bits per heavy atom. The van der Waals surface area contributed by atoms with E-state index in [0.717, 1.165) is 30.8 Å². The van der Waals surface area contributed by atoms with Crippen LogP contribution in [0, 0.1) is 6.92 Å². The Kier molecular flexibility index (Phi) is 3.78. The van der Waals surface area contributed by atoms with Gasteiger partial charge in [0.2, 0.25) is 5.95 Å². The van der Waals surface area contributed by atoms with Crippen molar-refractivity contribution in [3.05, 3.63) is 11.9 Å². The number of hydrogen-bond donors (Lipinski definition) is 1. The number of anilines is 1. The lowest BCUT2D eigenvalue weighted by Crippen LogP contribution is -2.27. The molecule has 1 aromatic rings. The average Bonchev–Trinajstić information content (AvgIpc) is 2.97. The first-order chi connectivity index (χ1) is 9.24. The molecule has 2 fully saturated rings. The van der Waals surface area contributed by atoms with Crippen molar-refractivity contribution in [2.45, 2.75) is 57.5 Å². The van der Waals surface area contributed by atoms with Gasteiger partial charge in [-0.15, -0.1) is 0 Å². The molecule has 0 aliphatic heterocycles. The molecule has 1 aromatic heterocycles. The predicted molar refractivity (Wildman–Crippen MR) is 78.6 cm³/mol. The van der Waals surface area contributed by atoms with E-state index in [1.807, 2.05) is 0 Å². The molecule has 0 aromatic carbocycles. The number of aromatic nitrogens is 2. The van der Waals surface area contributed by atoms with E-state index in [-0.39, 0.29) is 0 Å². The molecule has 0 atom stereocenters. The largest absolute Gasteiger partial charge is 0.354 e. The number of nitrogens with zero attached hydrogens (tertiary/aromatic N) is 3. The third-order valence-electron chi connectivity index (χ3n) is 4.49. The second-order valence-corrected chi connectivity index (χ2v) is 6.19. The fraction of sp³-hybridized carbons (Fsp3) is 0.800. The monoisotopic (exact) mass is 262 g/mol. The summed E-state index contributed by atoms with van der Waals surface area (Å²) in [5.41, 5.74) is 1.13. The van der Waals surface area contributed by atoms with Gasteiger partial charge in [0.1, 0.15) is 0 Å². The van der Waals surface area contributed by atoms with Gasteiger partial charge in [0.25, 0.3) is 0 Å². The lowest BCUT2D eigenvalue weighted by molar-refractivity contribution is 0.336. The van der Waals surface area contributed by atoms with Crippen molar-refractivity contribution in [3.8, 4) is 0 Å². The Balaban J connectivity index is 1.56. The van der Waals surface area contributed by atoms with Gasteiger partial charge < -0.3 is 14.8 Å². The van der Waals surface area contributed by atoms with Crippen LogP contribution in [0.5, 0.6) is 0 Å².